The number of carbonyl (C=O) groups excluding carboxylic acids is 1. The Morgan fingerprint density at radius 3 is 2.78 bits per heavy atom. The monoisotopic (exact) mass is 328 g/mol. The van der Waals surface area contributed by atoms with Gasteiger partial charge in [0.15, 0.2) is 0 Å². The molecular weight excluding hydrogens is 312 g/mol. The molecular formula is C16H16N4O2S. The van der Waals surface area contributed by atoms with Gasteiger partial charge in [0.1, 0.15) is 17.4 Å². The summed E-state index contributed by atoms with van der Waals surface area (Å²) < 4.78 is 7.46. The number of amides is 1. The van der Waals surface area contributed by atoms with E-state index in [0.29, 0.717) is 17.9 Å². The Morgan fingerprint density at radius 1 is 1.35 bits per heavy atom. The largest absolute Gasteiger partial charge is 0.487 e. The van der Waals surface area contributed by atoms with Gasteiger partial charge in [-0.3, -0.25) is 9.48 Å². The summed E-state index contributed by atoms with van der Waals surface area (Å²) in [6.07, 6.45) is 3.72. The third-order valence-electron chi connectivity index (χ3n) is 3.23. The van der Waals surface area contributed by atoms with E-state index in [4.69, 9.17) is 4.74 Å². The number of benzene rings is 1. The third kappa shape index (κ3) is 3.57. The normalized spacial score (nSPS) is 10.5. The number of aromatic nitrogens is 3. The van der Waals surface area contributed by atoms with Gasteiger partial charge in [-0.25, -0.2) is 4.98 Å². The van der Waals surface area contributed by atoms with E-state index < -0.39 is 0 Å². The standard InChI is InChI=1S/C16H16N4O2S/c1-17-15(21)11-3-5-14(6-4-11)22-9-13-10-23-16(19-13)12-7-18-20(2)8-12/h3-8,10H,9H2,1-2H3,(H,17,21). The van der Waals surface area contributed by atoms with E-state index in [0.717, 1.165) is 16.3 Å². The van der Waals surface area contributed by atoms with Gasteiger partial charge in [-0.1, -0.05) is 0 Å². The van der Waals surface area contributed by atoms with Crippen LogP contribution in [0.5, 0.6) is 5.75 Å². The lowest BCUT2D eigenvalue weighted by Gasteiger charge is -2.05. The molecule has 23 heavy (non-hydrogen) atoms. The Hall–Kier alpha value is -2.67. The highest BCUT2D eigenvalue weighted by molar-refractivity contribution is 7.13. The summed E-state index contributed by atoms with van der Waals surface area (Å²) in [7, 11) is 3.48. The van der Waals surface area contributed by atoms with E-state index in [-0.39, 0.29) is 5.91 Å². The number of hydrogen-bond donors (Lipinski definition) is 1. The maximum atomic E-state index is 11.5. The Morgan fingerprint density at radius 2 is 2.13 bits per heavy atom. The second-order valence-electron chi connectivity index (χ2n) is 4.94. The molecule has 2 aromatic heterocycles. The lowest BCUT2D eigenvalue weighted by molar-refractivity contribution is 0.0963. The fourth-order valence-electron chi connectivity index (χ4n) is 2.04. The van der Waals surface area contributed by atoms with Crippen LogP contribution in [0.25, 0.3) is 10.6 Å². The molecule has 3 aromatic rings. The number of rotatable bonds is 5. The minimum atomic E-state index is -0.114. The molecule has 2 heterocycles. The van der Waals surface area contributed by atoms with Crippen LogP contribution in [-0.4, -0.2) is 27.7 Å². The fraction of sp³-hybridized carbons (Fsp3) is 0.188. The smallest absolute Gasteiger partial charge is 0.251 e. The van der Waals surface area contributed by atoms with Crippen molar-refractivity contribution in [3.8, 4) is 16.3 Å². The number of nitrogens with one attached hydrogen (secondary N) is 1. The van der Waals surface area contributed by atoms with Gasteiger partial charge in [-0.15, -0.1) is 11.3 Å². The minimum absolute atomic E-state index is 0.114. The summed E-state index contributed by atoms with van der Waals surface area (Å²) in [5.41, 5.74) is 2.47. The van der Waals surface area contributed by atoms with Crippen LogP contribution in [0.2, 0.25) is 0 Å². The van der Waals surface area contributed by atoms with Crippen molar-refractivity contribution in [3.63, 3.8) is 0 Å². The summed E-state index contributed by atoms with van der Waals surface area (Å²) in [5.74, 6) is 0.589. The number of aryl methyl sites for hydroxylation is 1. The van der Waals surface area contributed by atoms with E-state index in [9.17, 15) is 4.79 Å². The molecule has 7 heteroatoms. The fourth-order valence-corrected chi connectivity index (χ4v) is 2.82. The summed E-state index contributed by atoms with van der Waals surface area (Å²) in [4.78, 5) is 16.0. The number of thiazole rings is 1. The van der Waals surface area contributed by atoms with Crippen LogP contribution in [0.3, 0.4) is 0 Å². The van der Waals surface area contributed by atoms with Gasteiger partial charge in [0.05, 0.1) is 11.9 Å². The van der Waals surface area contributed by atoms with E-state index >= 15 is 0 Å². The summed E-state index contributed by atoms with van der Waals surface area (Å²) in [5, 5.41) is 9.62. The second kappa shape index (κ2) is 6.62. The van der Waals surface area contributed by atoms with Crippen LogP contribution in [0.1, 0.15) is 16.1 Å². The lowest BCUT2D eigenvalue weighted by Crippen LogP contribution is -2.17. The Bertz CT molecular complexity index is 808. The van der Waals surface area contributed by atoms with Crippen LogP contribution in [0.4, 0.5) is 0 Å². The first-order chi connectivity index (χ1) is 11.2. The molecule has 0 saturated heterocycles. The van der Waals surface area contributed by atoms with Gasteiger partial charge in [-0.05, 0) is 24.3 Å². The Labute approximate surface area is 137 Å². The maximum Gasteiger partial charge on any atom is 0.251 e. The number of hydrogen-bond acceptors (Lipinski definition) is 5. The molecule has 0 saturated carbocycles. The van der Waals surface area contributed by atoms with E-state index in [2.05, 4.69) is 15.4 Å². The van der Waals surface area contributed by atoms with E-state index in [1.807, 2.05) is 18.6 Å². The topological polar surface area (TPSA) is 69.0 Å². The molecule has 1 amide bonds. The van der Waals surface area contributed by atoms with Gasteiger partial charge in [-0.2, -0.15) is 5.10 Å². The molecule has 1 aromatic carbocycles. The molecule has 0 atom stereocenters. The van der Waals surface area contributed by atoms with Crippen LogP contribution < -0.4 is 10.1 Å². The Kier molecular flexibility index (Phi) is 4.38. The van der Waals surface area contributed by atoms with Gasteiger partial charge < -0.3 is 10.1 Å². The molecule has 3 rings (SSSR count). The van der Waals surface area contributed by atoms with Gasteiger partial charge in [0.2, 0.25) is 0 Å². The highest BCUT2D eigenvalue weighted by Crippen LogP contribution is 2.23. The van der Waals surface area contributed by atoms with Crippen molar-refractivity contribution < 1.29 is 9.53 Å². The maximum absolute atomic E-state index is 11.5. The first kappa shape index (κ1) is 15.2. The van der Waals surface area contributed by atoms with Crippen molar-refractivity contribution in [3.05, 3.63) is 53.3 Å². The first-order valence-electron chi connectivity index (χ1n) is 7.04. The summed E-state index contributed by atoms with van der Waals surface area (Å²) in [6, 6.07) is 7.02. The van der Waals surface area contributed by atoms with Crippen molar-refractivity contribution in [2.24, 2.45) is 7.05 Å². The zero-order chi connectivity index (χ0) is 16.2. The predicted molar refractivity (Wildman–Crippen MR) is 88.5 cm³/mol. The molecule has 0 aliphatic carbocycles. The van der Waals surface area contributed by atoms with Crippen LogP contribution in [0.15, 0.2) is 42.0 Å². The van der Waals surface area contributed by atoms with E-state index in [1.165, 1.54) is 0 Å². The highest BCUT2D eigenvalue weighted by Gasteiger charge is 2.08. The number of ether oxygens (including phenoxy) is 1. The van der Waals surface area contributed by atoms with E-state index in [1.54, 1.807) is 53.5 Å². The molecule has 6 nitrogen and oxygen atoms in total. The zero-order valence-corrected chi connectivity index (χ0v) is 13.6. The number of carbonyl (C=O) groups is 1. The minimum Gasteiger partial charge on any atom is -0.487 e. The second-order valence-corrected chi connectivity index (χ2v) is 5.80. The quantitative estimate of drug-likeness (QED) is 0.781. The van der Waals surface area contributed by atoms with Crippen molar-refractivity contribution in [1.29, 1.82) is 0 Å². The molecule has 0 aliphatic rings. The van der Waals surface area contributed by atoms with Crippen LogP contribution in [-0.2, 0) is 13.7 Å². The average molecular weight is 328 g/mol. The molecule has 0 aliphatic heterocycles. The molecule has 0 bridgehead atoms. The summed E-state index contributed by atoms with van der Waals surface area (Å²) in [6.45, 7) is 0.385. The molecule has 118 valence electrons. The van der Waals surface area contributed by atoms with Crippen LogP contribution in [0, 0.1) is 0 Å². The zero-order valence-electron chi connectivity index (χ0n) is 12.8. The van der Waals surface area contributed by atoms with Gasteiger partial charge in [0.25, 0.3) is 5.91 Å². The molecule has 0 unspecified atom stereocenters. The van der Waals surface area contributed by atoms with Crippen molar-refractivity contribution in [2.45, 2.75) is 6.61 Å². The molecule has 1 N–H and O–H groups in total. The van der Waals surface area contributed by atoms with Crippen molar-refractivity contribution in [1.82, 2.24) is 20.1 Å². The van der Waals surface area contributed by atoms with Crippen LogP contribution >= 0.6 is 11.3 Å². The molecule has 0 spiro atoms. The Balaban J connectivity index is 1.62. The van der Waals surface area contributed by atoms with Crippen molar-refractivity contribution in [2.75, 3.05) is 7.05 Å². The molecule has 0 fully saturated rings. The highest BCUT2D eigenvalue weighted by atomic mass is 32.1. The molecule has 0 radical (unpaired) electrons. The van der Waals surface area contributed by atoms with Gasteiger partial charge >= 0.3 is 0 Å². The SMILES string of the molecule is CNC(=O)c1ccc(OCc2csc(-c3cnn(C)c3)n2)cc1. The van der Waals surface area contributed by atoms with Crippen molar-refractivity contribution >= 4 is 17.2 Å². The average Bonchev–Trinajstić information content (AvgIpc) is 3.21. The lowest BCUT2D eigenvalue weighted by atomic mass is 10.2. The summed E-state index contributed by atoms with van der Waals surface area (Å²) >= 11 is 1.56. The first-order valence-corrected chi connectivity index (χ1v) is 7.92. The third-order valence-corrected chi connectivity index (χ3v) is 4.17. The van der Waals surface area contributed by atoms with Gasteiger partial charge in [0, 0.05) is 36.8 Å². The predicted octanol–water partition coefficient (Wildman–Crippen LogP) is 2.48. The number of nitrogens with zero attached hydrogens (tertiary/aromatic N) is 3.